The molecule has 0 aromatic heterocycles. The van der Waals surface area contributed by atoms with Crippen LogP contribution in [0.1, 0.15) is 71.3 Å². The van der Waals surface area contributed by atoms with E-state index >= 15 is 0 Å². The normalized spacial score (nSPS) is 31.5. The van der Waals surface area contributed by atoms with Gasteiger partial charge in [0.15, 0.2) is 0 Å². The van der Waals surface area contributed by atoms with Crippen molar-refractivity contribution in [1.82, 2.24) is 4.31 Å². The van der Waals surface area contributed by atoms with Gasteiger partial charge in [-0.05, 0) is 113 Å². The fourth-order valence-corrected chi connectivity index (χ4v) is 10.6. The summed E-state index contributed by atoms with van der Waals surface area (Å²) < 4.78 is 28.3. The monoisotopic (exact) mass is 572 g/mol. The average Bonchev–Trinajstić information content (AvgIpc) is 2.95. The Bertz CT molecular complexity index is 1430. The second kappa shape index (κ2) is 10.5. The van der Waals surface area contributed by atoms with Gasteiger partial charge in [0, 0.05) is 30.9 Å². The van der Waals surface area contributed by atoms with Gasteiger partial charge in [0.1, 0.15) is 4.75 Å². The molecule has 5 aliphatic carbocycles. The minimum atomic E-state index is -3.80. The van der Waals surface area contributed by atoms with Gasteiger partial charge < -0.3 is 4.90 Å². The summed E-state index contributed by atoms with van der Waals surface area (Å²) in [6, 6.07) is 19.7. The number of carbonyl (C=O) groups excluding carboxylic acids is 1. The number of allylic oxidation sites excluding steroid dienone is 1. The van der Waals surface area contributed by atoms with Crippen molar-refractivity contribution in [3.05, 3.63) is 89.5 Å². The third-order valence-electron chi connectivity index (χ3n) is 10.9. The van der Waals surface area contributed by atoms with Crippen LogP contribution in [0.15, 0.2) is 84.0 Å². The highest BCUT2D eigenvalue weighted by atomic mass is 32.2. The smallest absolute Gasteiger partial charge is 0.254 e. The van der Waals surface area contributed by atoms with E-state index in [2.05, 4.69) is 6.92 Å². The molecule has 2 unspecified atom stereocenters. The molecule has 2 atom stereocenters. The molecule has 41 heavy (non-hydrogen) atoms. The van der Waals surface area contributed by atoms with Gasteiger partial charge in [-0.1, -0.05) is 60.2 Å². The average molecular weight is 573 g/mol. The second-order valence-electron chi connectivity index (χ2n) is 13.6. The van der Waals surface area contributed by atoms with E-state index in [1.165, 1.54) is 42.8 Å². The van der Waals surface area contributed by atoms with Crippen molar-refractivity contribution in [2.45, 2.75) is 83.1 Å². The van der Waals surface area contributed by atoms with Crippen LogP contribution in [0.2, 0.25) is 0 Å². The molecule has 0 N–H and O–H groups in total. The lowest BCUT2D eigenvalue weighted by atomic mass is 9.47. The van der Waals surface area contributed by atoms with Crippen molar-refractivity contribution < 1.29 is 13.2 Å². The van der Waals surface area contributed by atoms with E-state index in [9.17, 15) is 13.2 Å². The molecule has 0 radical (unpaired) electrons. The Morgan fingerprint density at radius 3 is 2.02 bits per heavy atom. The summed E-state index contributed by atoms with van der Waals surface area (Å²) in [6.07, 6.45) is 11.8. The molecule has 0 heterocycles. The molecular formula is C35H44N2O3S. The van der Waals surface area contributed by atoms with Crippen LogP contribution >= 0.6 is 0 Å². The van der Waals surface area contributed by atoms with E-state index in [4.69, 9.17) is 0 Å². The van der Waals surface area contributed by atoms with Crippen molar-refractivity contribution in [3.63, 3.8) is 0 Å². The molecule has 2 aromatic carbocycles. The fraction of sp³-hybridized carbons (Fsp3) is 0.514. The summed E-state index contributed by atoms with van der Waals surface area (Å²) in [5.74, 6) is 2.29. The molecule has 218 valence electrons. The molecule has 0 spiro atoms. The first-order valence-electron chi connectivity index (χ1n) is 15.3. The highest BCUT2D eigenvalue weighted by molar-refractivity contribution is 7.90. The molecule has 1 amide bonds. The molecule has 6 heteroatoms. The SMILES string of the molecule is CC1=CCC(C(=O)N(c2ccccc2)C(C)C23CC4CC(CC(C4)C2)C3)=CC1(C)S(=O)(=O)N(C)Cc1ccccc1. The van der Waals surface area contributed by atoms with Crippen LogP contribution in [-0.2, 0) is 21.4 Å². The van der Waals surface area contributed by atoms with Gasteiger partial charge in [0.25, 0.3) is 5.91 Å². The zero-order valence-electron chi connectivity index (χ0n) is 24.9. The lowest BCUT2D eigenvalue weighted by Gasteiger charge is -2.60. The number of benzene rings is 2. The van der Waals surface area contributed by atoms with E-state index in [1.54, 1.807) is 20.0 Å². The third-order valence-corrected chi connectivity index (χ3v) is 13.4. The Kier molecular flexibility index (Phi) is 7.30. The molecule has 0 aliphatic heterocycles. The Hall–Kier alpha value is -2.70. The summed E-state index contributed by atoms with van der Waals surface area (Å²) in [5, 5.41) is 0. The molecule has 7 rings (SSSR count). The van der Waals surface area contributed by atoms with Crippen molar-refractivity contribution in [3.8, 4) is 0 Å². The molecular weight excluding hydrogens is 528 g/mol. The van der Waals surface area contributed by atoms with Crippen molar-refractivity contribution >= 4 is 21.6 Å². The number of hydrogen-bond acceptors (Lipinski definition) is 3. The summed E-state index contributed by atoms with van der Waals surface area (Å²) >= 11 is 0. The first kappa shape index (κ1) is 28.4. The van der Waals surface area contributed by atoms with Crippen LogP contribution in [0.5, 0.6) is 0 Å². The Morgan fingerprint density at radius 1 is 0.927 bits per heavy atom. The fourth-order valence-electron chi connectivity index (χ4n) is 8.87. The Labute approximate surface area is 246 Å². The van der Waals surface area contributed by atoms with Crippen LogP contribution in [0.4, 0.5) is 5.69 Å². The third kappa shape index (κ3) is 4.91. The van der Waals surface area contributed by atoms with Crippen LogP contribution in [0, 0.1) is 23.2 Å². The maximum atomic E-state index is 14.6. The maximum Gasteiger partial charge on any atom is 0.254 e. The van der Waals surface area contributed by atoms with Gasteiger partial charge >= 0.3 is 0 Å². The number of para-hydroxylation sites is 1. The van der Waals surface area contributed by atoms with Crippen LogP contribution in [0.3, 0.4) is 0 Å². The number of hydrogen-bond donors (Lipinski definition) is 0. The van der Waals surface area contributed by atoms with Crippen molar-refractivity contribution in [1.29, 1.82) is 0 Å². The molecule has 4 saturated carbocycles. The molecule has 5 nitrogen and oxygen atoms in total. The molecule has 0 saturated heterocycles. The number of amides is 1. The number of carbonyl (C=O) groups is 1. The Balaban J connectivity index is 1.34. The first-order chi connectivity index (χ1) is 19.5. The number of nitrogens with zero attached hydrogens (tertiary/aromatic N) is 2. The summed E-state index contributed by atoms with van der Waals surface area (Å²) in [6.45, 7) is 6.16. The van der Waals surface area contributed by atoms with Gasteiger partial charge in [-0.25, -0.2) is 8.42 Å². The quantitative estimate of drug-likeness (QED) is 0.317. The molecule has 4 bridgehead atoms. The van der Waals surface area contributed by atoms with E-state index in [0.717, 1.165) is 34.6 Å². The van der Waals surface area contributed by atoms with Crippen LogP contribution < -0.4 is 4.90 Å². The summed E-state index contributed by atoms with van der Waals surface area (Å²) in [4.78, 5) is 16.7. The minimum absolute atomic E-state index is 0.0438. The van der Waals surface area contributed by atoms with Gasteiger partial charge in [0.05, 0.1) is 0 Å². The summed E-state index contributed by atoms with van der Waals surface area (Å²) in [7, 11) is -2.17. The van der Waals surface area contributed by atoms with Crippen molar-refractivity contribution in [2.24, 2.45) is 23.2 Å². The lowest BCUT2D eigenvalue weighted by molar-refractivity contribution is -0.118. The highest BCUT2D eigenvalue weighted by Gasteiger charge is 2.55. The molecule has 2 aromatic rings. The minimum Gasteiger partial charge on any atom is -0.305 e. The topological polar surface area (TPSA) is 57.7 Å². The summed E-state index contributed by atoms with van der Waals surface area (Å²) in [5.41, 5.74) is 3.29. The zero-order chi connectivity index (χ0) is 29.0. The predicted molar refractivity (Wildman–Crippen MR) is 166 cm³/mol. The van der Waals surface area contributed by atoms with E-state index in [0.29, 0.717) is 12.0 Å². The maximum absolute atomic E-state index is 14.6. The molecule has 4 fully saturated rings. The Morgan fingerprint density at radius 2 is 1.46 bits per heavy atom. The number of rotatable bonds is 8. The van der Waals surface area contributed by atoms with E-state index in [-0.39, 0.29) is 23.9 Å². The van der Waals surface area contributed by atoms with Gasteiger partial charge in [0.2, 0.25) is 10.0 Å². The largest absolute Gasteiger partial charge is 0.305 e. The predicted octanol–water partition coefficient (Wildman–Crippen LogP) is 7.12. The van der Waals surface area contributed by atoms with Crippen LogP contribution in [0.25, 0.3) is 0 Å². The van der Waals surface area contributed by atoms with E-state index in [1.807, 2.05) is 78.6 Å². The van der Waals surface area contributed by atoms with Gasteiger partial charge in [-0.2, -0.15) is 4.31 Å². The standard InChI is InChI=1S/C35H44N2O3S/c1-25-15-16-31(23-34(25,3)41(39,40)36(4)24-27-11-7-5-8-12-27)33(38)37(32-13-9-6-10-14-32)26(2)35-20-28-17-29(21-35)19-30(18-28)22-35/h5-15,23,26,28-30H,16-22,24H2,1-4H3. The lowest BCUT2D eigenvalue weighted by Crippen LogP contribution is -2.57. The van der Waals surface area contributed by atoms with Gasteiger partial charge in [-0.15, -0.1) is 0 Å². The van der Waals surface area contributed by atoms with Crippen molar-refractivity contribution in [2.75, 3.05) is 11.9 Å². The zero-order valence-corrected chi connectivity index (χ0v) is 25.7. The second-order valence-corrected chi connectivity index (χ2v) is 16.0. The van der Waals surface area contributed by atoms with Crippen LogP contribution in [-0.4, -0.2) is 36.5 Å². The van der Waals surface area contributed by atoms with Gasteiger partial charge in [-0.3, -0.25) is 4.79 Å². The number of anilines is 1. The molecule has 5 aliphatic rings. The highest BCUT2D eigenvalue weighted by Crippen LogP contribution is 2.62. The first-order valence-corrected chi connectivity index (χ1v) is 16.7. The number of sulfonamides is 1. The van der Waals surface area contributed by atoms with E-state index < -0.39 is 14.8 Å².